The quantitative estimate of drug-likeness (QED) is 0.662. The van der Waals surface area contributed by atoms with E-state index in [9.17, 15) is 8.42 Å². The zero-order valence-electron chi connectivity index (χ0n) is 11.9. The van der Waals surface area contributed by atoms with Gasteiger partial charge in [-0.25, -0.2) is 13.1 Å². The van der Waals surface area contributed by atoms with Gasteiger partial charge in [0.25, 0.3) is 0 Å². The van der Waals surface area contributed by atoms with Crippen LogP contribution in [0.25, 0.3) is 0 Å². The summed E-state index contributed by atoms with van der Waals surface area (Å²) in [7, 11) is -3.09. The second-order valence-corrected chi connectivity index (χ2v) is 6.43. The molecule has 0 aliphatic carbocycles. The summed E-state index contributed by atoms with van der Waals surface area (Å²) < 4.78 is 26.1. The Labute approximate surface area is 115 Å². The van der Waals surface area contributed by atoms with Gasteiger partial charge in [0, 0.05) is 25.8 Å². The van der Waals surface area contributed by atoms with Crippen molar-refractivity contribution in [2.75, 3.05) is 19.3 Å². The van der Waals surface area contributed by atoms with Gasteiger partial charge < -0.3 is 5.32 Å². The lowest BCUT2D eigenvalue weighted by atomic mass is 10.2. The lowest BCUT2D eigenvalue weighted by molar-refractivity contribution is 0.424. The first-order valence-electron chi connectivity index (χ1n) is 6.65. The van der Waals surface area contributed by atoms with Crippen molar-refractivity contribution in [2.24, 2.45) is 0 Å². The first-order valence-corrected chi connectivity index (χ1v) is 8.54. The summed E-state index contributed by atoms with van der Waals surface area (Å²) in [6, 6.07) is 2.45. The monoisotopic (exact) mass is 288 g/mol. The normalized spacial score (nSPS) is 12.2. The molecule has 1 rings (SSSR count). The number of rotatable bonds is 9. The molecule has 110 valence electrons. The van der Waals surface area contributed by atoms with Crippen molar-refractivity contribution in [3.8, 4) is 0 Å². The molecule has 0 saturated carbocycles. The van der Waals surface area contributed by atoms with Crippen LogP contribution in [0, 0.1) is 0 Å². The van der Waals surface area contributed by atoms with Crippen molar-refractivity contribution in [3.63, 3.8) is 0 Å². The first kappa shape index (κ1) is 16.1. The molecule has 19 heavy (non-hydrogen) atoms. The molecular formula is C12H24N4O2S. The SMILES string of the molecule is CCC(CC)n1ccc(CNCCNS(C)(=O)=O)n1. The molecule has 7 heteroatoms. The summed E-state index contributed by atoms with van der Waals surface area (Å²) in [5.74, 6) is 0. The minimum absolute atomic E-state index is 0.395. The van der Waals surface area contributed by atoms with Crippen molar-refractivity contribution in [2.45, 2.75) is 39.3 Å². The molecule has 6 nitrogen and oxygen atoms in total. The van der Waals surface area contributed by atoms with Crippen LogP contribution in [0.15, 0.2) is 12.3 Å². The first-order chi connectivity index (χ1) is 8.96. The summed E-state index contributed by atoms with van der Waals surface area (Å²) in [6.45, 7) is 5.95. The zero-order chi connectivity index (χ0) is 14.3. The molecule has 0 amide bonds. The molecule has 0 spiro atoms. The molecule has 1 heterocycles. The fourth-order valence-corrected chi connectivity index (χ4v) is 2.35. The lowest BCUT2D eigenvalue weighted by Crippen LogP contribution is -2.30. The minimum atomic E-state index is -3.09. The third-order valence-electron chi connectivity index (χ3n) is 2.95. The van der Waals surface area contributed by atoms with Crippen molar-refractivity contribution in [1.29, 1.82) is 0 Å². The van der Waals surface area contributed by atoms with Crippen molar-refractivity contribution >= 4 is 10.0 Å². The van der Waals surface area contributed by atoms with Crippen LogP contribution >= 0.6 is 0 Å². The largest absolute Gasteiger partial charge is 0.310 e. The van der Waals surface area contributed by atoms with E-state index >= 15 is 0 Å². The smallest absolute Gasteiger partial charge is 0.208 e. The minimum Gasteiger partial charge on any atom is -0.310 e. The molecule has 0 atom stereocenters. The van der Waals surface area contributed by atoms with Gasteiger partial charge in [0.05, 0.1) is 18.0 Å². The summed E-state index contributed by atoms with van der Waals surface area (Å²) in [4.78, 5) is 0. The Balaban J connectivity index is 2.31. The van der Waals surface area contributed by atoms with Crippen LogP contribution < -0.4 is 10.0 Å². The Morgan fingerprint density at radius 3 is 2.58 bits per heavy atom. The summed E-state index contributed by atoms with van der Waals surface area (Å²) in [5.41, 5.74) is 0.978. The van der Waals surface area contributed by atoms with Gasteiger partial charge in [-0.3, -0.25) is 4.68 Å². The van der Waals surface area contributed by atoms with Gasteiger partial charge >= 0.3 is 0 Å². The maximum Gasteiger partial charge on any atom is 0.208 e. The second kappa shape index (κ2) is 7.62. The molecule has 0 saturated heterocycles. The Bertz CT molecular complexity index is 466. The van der Waals surface area contributed by atoms with E-state index in [0.29, 0.717) is 25.7 Å². The number of hydrogen-bond donors (Lipinski definition) is 2. The highest BCUT2D eigenvalue weighted by Crippen LogP contribution is 2.14. The molecule has 0 fully saturated rings. The third kappa shape index (κ3) is 6.17. The van der Waals surface area contributed by atoms with Crippen LogP contribution in [-0.4, -0.2) is 37.5 Å². The lowest BCUT2D eigenvalue weighted by Gasteiger charge is -2.12. The number of hydrogen-bond acceptors (Lipinski definition) is 4. The van der Waals surface area contributed by atoms with Gasteiger partial charge in [0.1, 0.15) is 0 Å². The topological polar surface area (TPSA) is 76.0 Å². The number of nitrogens with zero attached hydrogens (tertiary/aromatic N) is 2. The maximum atomic E-state index is 10.9. The number of sulfonamides is 1. The molecule has 0 aliphatic heterocycles. The second-order valence-electron chi connectivity index (χ2n) is 4.60. The Kier molecular flexibility index (Phi) is 6.47. The molecule has 0 unspecified atom stereocenters. The Morgan fingerprint density at radius 1 is 1.32 bits per heavy atom. The highest BCUT2D eigenvalue weighted by Gasteiger charge is 2.07. The Hall–Kier alpha value is -0.920. The van der Waals surface area contributed by atoms with Crippen LogP contribution in [0.2, 0.25) is 0 Å². The van der Waals surface area contributed by atoms with Gasteiger partial charge in [-0.05, 0) is 18.9 Å². The predicted molar refractivity (Wildman–Crippen MR) is 76.4 cm³/mol. The summed E-state index contributed by atoms with van der Waals surface area (Å²) in [5, 5.41) is 7.67. The van der Waals surface area contributed by atoms with Crippen LogP contribution in [0.5, 0.6) is 0 Å². The van der Waals surface area contributed by atoms with Gasteiger partial charge in [0.15, 0.2) is 0 Å². The average Bonchev–Trinajstić information content (AvgIpc) is 2.77. The fraction of sp³-hybridized carbons (Fsp3) is 0.750. The van der Waals surface area contributed by atoms with Crippen LogP contribution in [-0.2, 0) is 16.6 Å². The molecule has 0 aromatic carbocycles. The average molecular weight is 288 g/mol. The molecule has 0 bridgehead atoms. The highest BCUT2D eigenvalue weighted by atomic mass is 32.2. The van der Waals surface area contributed by atoms with E-state index in [-0.39, 0.29) is 0 Å². The molecule has 0 aliphatic rings. The fourth-order valence-electron chi connectivity index (χ4n) is 1.88. The van der Waals surface area contributed by atoms with Crippen LogP contribution in [0.3, 0.4) is 0 Å². The third-order valence-corrected chi connectivity index (χ3v) is 3.68. The van der Waals surface area contributed by atoms with E-state index in [2.05, 4.69) is 29.0 Å². The molecule has 1 aromatic heterocycles. The Morgan fingerprint density at radius 2 is 2.00 bits per heavy atom. The van der Waals surface area contributed by atoms with E-state index < -0.39 is 10.0 Å². The zero-order valence-corrected chi connectivity index (χ0v) is 12.7. The van der Waals surface area contributed by atoms with E-state index in [1.165, 1.54) is 0 Å². The molecule has 0 radical (unpaired) electrons. The standard InChI is InChI=1S/C12H24N4O2S/c1-4-12(5-2)16-9-6-11(15-16)10-13-7-8-14-19(3,17)18/h6,9,12-14H,4-5,7-8,10H2,1-3H3. The predicted octanol–water partition coefficient (Wildman–Crippen LogP) is 0.883. The molecular weight excluding hydrogens is 264 g/mol. The van der Waals surface area contributed by atoms with Crippen molar-refractivity contribution in [3.05, 3.63) is 18.0 Å². The number of aromatic nitrogens is 2. The van der Waals surface area contributed by atoms with Gasteiger partial charge in [-0.15, -0.1) is 0 Å². The van der Waals surface area contributed by atoms with Crippen LogP contribution in [0.1, 0.15) is 38.4 Å². The van der Waals surface area contributed by atoms with E-state index in [4.69, 9.17) is 0 Å². The van der Waals surface area contributed by atoms with Crippen molar-refractivity contribution < 1.29 is 8.42 Å². The van der Waals surface area contributed by atoms with E-state index in [1.54, 1.807) is 0 Å². The van der Waals surface area contributed by atoms with Crippen LogP contribution in [0.4, 0.5) is 0 Å². The van der Waals surface area contributed by atoms with Crippen molar-refractivity contribution in [1.82, 2.24) is 19.8 Å². The van der Waals surface area contributed by atoms with Gasteiger partial charge in [-0.1, -0.05) is 13.8 Å². The highest BCUT2D eigenvalue weighted by molar-refractivity contribution is 7.88. The summed E-state index contributed by atoms with van der Waals surface area (Å²) >= 11 is 0. The van der Waals surface area contributed by atoms with E-state index in [1.807, 2.05) is 16.9 Å². The molecule has 2 N–H and O–H groups in total. The maximum absolute atomic E-state index is 10.9. The summed E-state index contributed by atoms with van der Waals surface area (Å²) in [6.07, 6.45) is 5.31. The van der Waals surface area contributed by atoms with Gasteiger partial charge in [-0.2, -0.15) is 5.10 Å². The number of nitrogens with one attached hydrogen (secondary N) is 2. The molecule has 1 aromatic rings. The van der Waals surface area contributed by atoms with Gasteiger partial charge in [0.2, 0.25) is 10.0 Å². The van der Waals surface area contributed by atoms with E-state index in [0.717, 1.165) is 24.8 Å².